The van der Waals surface area contributed by atoms with E-state index >= 15 is 0 Å². The van der Waals surface area contributed by atoms with Crippen molar-refractivity contribution >= 4 is 31.7 Å². The molecule has 1 aromatic carbocycles. The van der Waals surface area contributed by atoms with Crippen LogP contribution in [-0.2, 0) is 15.3 Å². The predicted molar refractivity (Wildman–Crippen MR) is 105 cm³/mol. The van der Waals surface area contributed by atoms with Gasteiger partial charge < -0.3 is 10.6 Å². The summed E-state index contributed by atoms with van der Waals surface area (Å²) in [6.45, 7) is 7.01. The van der Waals surface area contributed by atoms with E-state index in [0.717, 1.165) is 4.47 Å². The van der Waals surface area contributed by atoms with Crippen molar-refractivity contribution in [3.8, 4) is 0 Å². The lowest BCUT2D eigenvalue weighted by Gasteiger charge is -2.27. The molecule has 0 aromatic heterocycles. The molecule has 7 heteroatoms. The summed E-state index contributed by atoms with van der Waals surface area (Å²) in [6.07, 6.45) is 1.81. The van der Waals surface area contributed by atoms with Gasteiger partial charge in [0.1, 0.15) is 9.84 Å². The van der Waals surface area contributed by atoms with E-state index in [1.165, 1.54) is 11.8 Å². The van der Waals surface area contributed by atoms with Gasteiger partial charge in [-0.15, -0.1) is 0 Å². The first kappa shape index (κ1) is 21.0. The molecule has 0 amide bonds. The van der Waals surface area contributed by atoms with Gasteiger partial charge in [-0.2, -0.15) is 0 Å². The zero-order valence-electron chi connectivity index (χ0n) is 15.1. The Balaban J connectivity index is 2.58. The van der Waals surface area contributed by atoms with Crippen LogP contribution in [0, 0.1) is 0 Å². The summed E-state index contributed by atoms with van der Waals surface area (Å²) >= 11 is 3.45. The van der Waals surface area contributed by atoms with E-state index in [1.54, 1.807) is 7.05 Å². The minimum Gasteiger partial charge on any atom is -0.356 e. The van der Waals surface area contributed by atoms with Gasteiger partial charge in [-0.3, -0.25) is 4.99 Å². The van der Waals surface area contributed by atoms with Gasteiger partial charge in [-0.1, -0.05) is 41.9 Å². The molecule has 0 fully saturated rings. The number of nitrogens with zero attached hydrogens (tertiary/aromatic N) is 1. The highest BCUT2D eigenvalue weighted by molar-refractivity contribution is 9.10. The van der Waals surface area contributed by atoms with Gasteiger partial charge in [-0.25, -0.2) is 8.42 Å². The van der Waals surface area contributed by atoms with Crippen LogP contribution in [0.15, 0.2) is 33.7 Å². The van der Waals surface area contributed by atoms with Crippen molar-refractivity contribution in [3.05, 3.63) is 34.3 Å². The number of rotatable bonds is 7. The zero-order chi connectivity index (χ0) is 18.4. The third-order valence-electron chi connectivity index (χ3n) is 3.85. The number of aliphatic imine (C=N–C) groups is 1. The predicted octanol–water partition coefficient (Wildman–Crippen LogP) is 2.71. The Bertz CT molecular complexity index is 655. The Kier molecular flexibility index (Phi) is 7.73. The van der Waals surface area contributed by atoms with Gasteiger partial charge in [0.15, 0.2) is 5.96 Å². The largest absolute Gasteiger partial charge is 0.356 e. The second kappa shape index (κ2) is 8.85. The second-order valence-corrected chi connectivity index (χ2v) is 9.96. The molecule has 0 saturated carbocycles. The van der Waals surface area contributed by atoms with E-state index < -0.39 is 9.84 Å². The summed E-state index contributed by atoms with van der Waals surface area (Å²) in [7, 11) is -1.23. The van der Waals surface area contributed by atoms with Crippen LogP contribution in [0.3, 0.4) is 0 Å². The fourth-order valence-corrected chi connectivity index (χ4v) is 3.24. The van der Waals surface area contributed by atoms with E-state index in [4.69, 9.17) is 0 Å². The maximum Gasteiger partial charge on any atom is 0.191 e. The second-order valence-electron chi connectivity index (χ2n) is 6.78. The fraction of sp³-hybridized carbons (Fsp3) is 0.588. The maximum atomic E-state index is 11.3. The van der Waals surface area contributed by atoms with Crippen LogP contribution in [-0.4, -0.2) is 46.0 Å². The van der Waals surface area contributed by atoms with Gasteiger partial charge in [0.25, 0.3) is 0 Å². The molecule has 1 rings (SSSR count). The lowest BCUT2D eigenvalue weighted by molar-refractivity contribution is 0.503. The quantitative estimate of drug-likeness (QED) is 0.528. The molecule has 136 valence electrons. The Hall–Kier alpha value is -1.08. The van der Waals surface area contributed by atoms with Crippen LogP contribution in [0.1, 0.15) is 32.8 Å². The van der Waals surface area contributed by atoms with Crippen LogP contribution in [0.5, 0.6) is 0 Å². The average Bonchev–Trinajstić information content (AvgIpc) is 2.49. The summed E-state index contributed by atoms with van der Waals surface area (Å²) in [6, 6.07) is 8.32. The molecule has 2 N–H and O–H groups in total. The molecule has 0 heterocycles. The third-order valence-corrected chi connectivity index (χ3v) is 5.36. The van der Waals surface area contributed by atoms with Gasteiger partial charge in [-0.05, 0) is 31.0 Å². The molecule has 0 aliphatic heterocycles. The molecule has 1 unspecified atom stereocenters. The van der Waals surface area contributed by atoms with E-state index in [1.807, 2.05) is 19.1 Å². The highest BCUT2D eigenvalue weighted by Crippen LogP contribution is 2.23. The van der Waals surface area contributed by atoms with E-state index in [9.17, 15) is 8.42 Å². The number of nitrogens with one attached hydrogen (secondary N) is 2. The first-order valence-electron chi connectivity index (χ1n) is 7.94. The minimum absolute atomic E-state index is 0.0294. The topological polar surface area (TPSA) is 70.6 Å². The average molecular weight is 418 g/mol. The minimum atomic E-state index is -2.94. The molecule has 0 radical (unpaired) electrons. The van der Waals surface area contributed by atoms with Crippen molar-refractivity contribution in [3.63, 3.8) is 0 Å². The SMILES string of the molecule is CN=C(NCC(C)(C)c1ccc(Br)cc1)NC(C)CCS(C)(=O)=O. The zero-order valence-corrected chi connectivity index (χ0v) is 17.5. The Morgan fingerprint density at radius 1 is 1.29 bits per heavy atom. The van der Waals surface area contributed by atoms with Crippen LogP contribution in [0.4, 0.5) is 0 Å². The van der Waals surface area contributed by atoms with Crippen LogP contribution in [0.25, 0.3) is 0 Å². The molecule has 0 bridgehead atoms. The van der Waals surface area contributed by atoms with Gasteiger partial charge in [0, 0.05) is 35.8 Å². The lowest BCUT2D eigenvalue weighted by atomic mass is 9.85. The molecule has 0 spiro atoms. The Labute approximate surface area is 154 Å². The molecule has 5 nitrogen and oxygen atoms in total. The van der Waals surface area contributed by atoms with Crippen molar-refractivity contribution in [1.82, 2.24) is 10.6 Å². The van der Waals surface area contributed by atoms with E-state index in [0.29, 0.717) is 18.9 Å². The van der Waals surface area contributed by atoms with Crippen molar-refractivity contribution in [2.45, 2.75) is 38.6 Å². The standard InChI is InChI=1S/C17H28BrN3O2S/c1-13(10-11-24(5,22)23)21-16(19-4)20-12-17(2,3)14-6-8-15(18)9-7-14/h6-9,13H,10-12H2,1-5H3,(H2,19,20,21). The van der Waals surface area contributed by atoms with Crippen molar-refractivity contribution in [2.24, 2.45) is 4.99 Å². The number of guanidine groups is 1. The van der Waals surface area contributed by atoms with Gasteiger partial charge in [0.2, 0.25) is 0 Å². The van der Waals surface area contributed by atoms with Crippen molar-refractivity contribution < 1.29 is 8.42 Å². The number of benzene rings is 1. The molecule has 1 aromatic rings. The maximum absolute atomic E-state index is 11.3. The number of hydrogen-bond donors (Lipinski definition) is 2. The van der Waals surface area contributed by atoms with Crippen LogP contribution >= 0.6 is 15.9 Å². The first-order valence-corrected chi connectivity index (χ1v) is 10.8. The molecular weight excluding hydrogens is 390 g/mol. The highest BCUT2D eigenvalue weighted by Gasteiger charge is 2.21. The normalized spacial score (nSPS) is 14.3. The summed E-state index contributed by atoms with van der Waals surface area (Å²) in [5.41, 5.74) is 1.17. The van der Waals surface area contributed by atoms with Crippen LogP contribution < -0.4 is 10.6 Å². The molecular formula is C17H28BrN3O2S. The van der Waals surface area contributed by atoms with E-state index in [2.05, 4.69) is 57.5 Å². The van der Waals surface area contributed by atoms with Gasteiger partial charge in [0.05, 0.1) is 5.75 Å². The van der Waals surface area contributed by atoms with Crippen molar-refractivity contribution in [1.29, 1.82) is 0 Å². The molecule has 0 aliphatic rings. The Morgan fingerprint density at radius 2 is 1.88 bits per heavy atom. The monoisotopic (exact) mass is 417 g/mol. The summed E-state index contributed by atoms with van der Waals surface area (Å²) in [5.74, 6) is 0.851. The van der Waals surface area contributed by atoms with Gasteiger partial charge >= 0.3 is 0 Å². The number of sulfone groups is 1. The third kappa shape index (κ3) is 7.66. The smallest absolute Gasteiger partial charge is 0.191 e. The Morgan fingerprint density at radius 3 is 2.38 bits per heavy atom. The molecule has 0 saturated heterocycles. The highest BCUT2D eigenvalue weighted by atomic mass is 79.9. The van der Waals surface area contributed by atoms with Crippen LogP contribution in [0.2, 0.25) is 0 Å². The summed E-state index contributed by atoms with van der Waals surface area (Å²) < 4.78 is 23.6. The number of halogens is 1. The van der Waals surface area contributed by atoms with Crippen molar-refractivity contribution in [2.75, 3.05) is 25.6 Å². The molecule has 0 aliphatic carbocycles. The van der Waals surface area contributed by atoms with E-state index in [-0.39, 0.29) is 17.2 Å². The molecule has 1 atom stereocenters. The number of hydrogen-bond acceptors (Lipinski definition) is 3. The molecule has 24 heavy (non-hydrogen) atoms. The summed E-state index contributed by atoms with van der Waals surface area (Å²) in [5, 5.41) is 6.57. The fourth-order valence-electron chi connectivity index (χ4n) is 2.20. The lowest BCUT2D eigenvalue weighted by Crippen LogP contribution is -2.46. The first-order chi connectivity index (χ1) is 11.0. The summed E-state index contributed by atoms with van der Waals surface area (Å²) in [4.78, 5) is 4.22.